The summed E-state index contributed by atoms with van der Waals surface area (Å²) in [6, 6.07) is 14.4. The van der Waals surface area contributed by atoms with Crippen LogP contribution in [0, 0.1) is 0 Å². The van der Waals surface area contributed by atoms with E-state index in [1.807, 2.05) is 30.3 Å². The lowest BCUT2D eigenvalue weighted by Gasteiger charge is -2.24. The van der Waals surface area contributed by atoms with Gasteiger partial charge in [0.25, 0.3) is 0 Å². The van der Waals surface area contributed by atoms with Gasteiger partial charge in [-0.3, -0.25) is 4.57 Å². The first kappa shape index (κ1) is 19.5. The van der Waals surface area contributed by atoms with Crippen molar-refractivity contribution in [3.63, 3.8) is 0 Å². The minimum Gasteiger partial charge on any atom is -0.507 e. The van der Waals surface area contributed by atoms with Gasteiger partial charge in [0.15, 0.2) is 0 Å². The summed E-state index contributed by atoms with van der Waals surface area (Å²) in [6.45, 7) is 4.19. The Kier molecular flexibility index (Phi) is 7.02. The van der Waals surface area contributed by atoms with Crippen LogP contribution in [0.25, 0.3) is 0 Å². The molecule has 25 heavy (non-hydrogen) atoms. The molecule has 0 aliphatic carbocycles. The molecule has 0 aliphatic heterocycles. The molecule has 0 heterocycles. The third kappa shape index (κ3) is 5.06. The number of hydrogen-bond donors (Lipinski definition) is 2. The zero-order chi connectivity index (χ0) is 18.3. The quantitative estimate of drug-likeness (QED) is 0.648. The van der Waals surface area contributed by atoms with Gasteiger partial charge < -0.3 is 24.6 Å². The van der Waals surface area contributed by atoms with Crippen LogP contribution in [0.4, 0.5) is 0 Å². The lowest BCUT2D eigenvalue weighted by atomic mass is 10.2. The van der Waals surface area contributed by atoms with Crippen molar-refractivity contribution in [3.8, 4) is 11.5 Å². The second-order valence-electron chi connectivity index (χ2n) is 5.32. The van der Waals surface area contributed by atoms with Crippen molar-refractivity contribution in [3.05, 3.63) is 59.7 Å². The third-order valence-corrected chi connectivity index (χ3v) is 5.72. The van der Waals surface area contributed by atoms with E-state index in [2.05, 4.69) is 0 Å². The highest BCUT2D eigenvalue weighted by Gasteiger charge is 2.35. The molecule has 0 spiro atoms. The first-order valence-corrected chi connectivity index (χ1v) is 9.75. The molecule has 0 unspecified atom stereocenters. The van der Waals surface area contributed by atoms with Gasteiger partial charge in [-0.1, -0.05) is 30.3 Å². The highest BCUT2D eigenvalue weighted by Crippen LogP contribution is 2.59. The van der Waals surface area contributed by atoms with Crippen LogP contribution in [0.2, 0.25) is 0 Å². The van der Waals surface area contributed by atoms with Gasteiger partial charge >= 0.3 is 7.60 Å². The van der Waals surface area contributed by atoms with Crippen LogP contribution in [0.5, 0.6) is 11.5 Å². The smallest absolute Gasteiger partial charge is 0.351 e. The van der Waals surface area contributed by atoms with E-state index in [-0.39, 0.29) is 24.5 Å². The van der Waals surface area contributed by atoms with E-state index in [0.717, 1.165) is 5.56 Å². The number of aromatic hydroxyl groups is 1. The van der Waals surface area contributed by atoms with E-state index in [1.165, 1.54) is 6.07 Å². The first-order valence-electron chi connectivity index (χ1n) is 8.14. The standard InChI is InChI=1S/C18H24NO5P/c1-3-23-25(21,24-4-2)18(19)16-11-10-15(12-17(16)20)22-13-14-8-6-5-7-9-14/h5-12,18,20H,3-4,13,19H2,1-2H3/t18-/m1/s1. The molecular weight excluding hydrogens is 341 g/mol. The molecule has 0 saturated carbocycles. The maximum atomic E-state index is 12.7. The van der Waals surface area contributed by atoms with Crippen LogP contribution in [0.15, 0.2) is 48.5 Å². The zero-order valence-electron chi connectivity index (χ0n) is 14.4. The number of phenolic OH excluding ortho intramolecular Hbond substituents is 1. The third-order valence-electron chi connectivity index (χ3n) is 3.53. The second kappa shape index (κ2) is 9.02. The monoisotopic (exact) mass is 365 g/mol. The van der Waals surface area contributed by atoms with Gasteiger partial charge in [-0.2, -0.15) is 0 Å². The fraction of sp³-hybridized carbons (Fsp3) is 0.333. The van der Waals surface area contributed by atoms with Crippen LogP contribution in [0.3, 0.4) is 0 Å². The maximum absolute atomic E-state index is 12.7. The van der Waals surface area contributed by atoms with Crippen molar-refractivity contribution in [2.75, 3.05) is 13.2 Å². The molecular formula is C18H24NO5P. The molecule has 0 aliphatic rings. The molecule has 2 aromatic carbocycles. The normalized spacial score (nSPS) is 12.8. The van der Waals surface area contributed by atoms with Crippen LogP contribution < -0.4 is 10.5 Å². The van der Waals surface area contributed by atoms with Crippen LogP contribution in [-0.4, -0.2) is 18.3 Å². The summed E-state index contributed by atoms with van der Waals surface area (Å²) in [6.07, 6.45) is 0. The Morgan fingerprint density at radius 1 is 1.08 bits per heavy atom. The topological polar surface area (TPSA) is 91.0 Å². The fourth-order valence-electron chi connectivity index (χ4n) is 2.33. The molecule has 1 atom stereocenters. The van der Waals surface area contributed by atoms with Crippen molar-refractivity contribution in [2.24, 2.45) is 5.73 Å². The lowest BCUT2D eigenvalue weighted by Crippen LogP contribution is -2.15. The average Bonchev–Trinajstić information content (AvgIpc) is 2.61. The number of rotatable bonds is 9. The van der Waals surface area contributed by atoms with Crippen LogP contribution >= 0.6 is 7.60 Å². The summed E-state index contributed by atoms with van der Waals surface area (Å²) in [4.78, 5) is 0. The summed E-state index contributed by atoms with van der Waals surface area (Å²) in [5.41, 5.74) is 7.35. The second-order valence-corrected chi connectivity index (χ2v) is 7.47. The van der Waals surface area contributed by atoms with Crippen LogP contribution in [-0.2, 0) is 20.2 Å². The Balaban J connectivity index is 2.13. The molecule has 136 valence electrons. The molecule has 0 bridgehead atoms. The number of hydrogen-bond acceptors (Lipinski definition) is 6. The first-order chi connectivity index (χ1) is 12.0. The summed E-state index contributed by atoms with van der Waals surface area (Å²) in [5.74, 6) is -0.701. The fourth-order valence-corrected chi connectivity index (χ4v) is 4.01. The average molecular weight is 365 g/mol. The minimum atomic E-state index is -3.56. The summed E-state index contributed by atoms with van der Waals surface area (Å²) >= 11 is 0. The van der Waals surface area contributed by atoms with E-state index in [1.54, 1.807) is 26.0 Å². The predicted octanol–water partition coefficient (Wildman–Crippen LogP) is 4.19. The Morgan fingerprint density at radius 2 is 1.72 bits per heavy atom. The van der Waals surface area contributed by atoms with Gasteiger partial charge in [0.05, 0.1) is 13.2 Å². The van der Waals surface area contributed by atoms with E-state index < -0.39 is 13.4 Å². The van der Waals surface area contributed by atoms with E-state index in [0.29, 0.717) is 12.4 Å². The molecule has 0 fully saturated rings. The number of phenols is 1. The van der Waals surface area contributed by atoms with Crippen molar-refractivity contribution in [1.82, 2.24) is 0 Å². The Labute approximate surface area is 148 Å². The van der Waals surface area contributed by atoms with Crippen LogP contribution in [0.1, 0.15) is 30.8 Å². The number of nitrogens with two attached hydrogens (primary N) is 1. The van der Waals surface area contributed by atoms with Gasteiger partial charge in [-0.25, -0.2) is 0 Å². The number of benzene rings is 2. The highest BCUT2D eigenvalue weighted by molar-refractivity contribution is 7.54. The molecule has 0 radical (unpaired) electrons. The molecule has 0 amide bonds. The molecule has 0 saturated heterocycles. The molecule has 3 N–H and O–H groups in total. The van der Waals surface area contributed by atoms with Gasteiger partial charge in [-0.05, 0) is 31.5 Å². The molecule has 2 rings (SSSR count). The zero-order valence-corrected chi connectivity index (χ0v) is 15.3. The van der Waals surface area contributed by atoms with Gasteiger partial charge in [0.2, 0.25) is 0 Å². The van der Waals surface area contributed by atoms with Gasteiger partial charge in [-0.15, -0.1) is 0 Å². The largest absolute Gasteiger partial charge is 0.507 e. The van der Waals surface area contributed by atoms with Crippen molar-refractivity contribution in [1.29, 1.82) is 0 Å². The molecule has 0 aromatic heterocycles. The summed E-state index contributed by atoms with van der Waals surface area (Å²) in [5, 5.41) is 10.3. The summed E-state index contributed by atoms with van der Waals surface area (Å²) in [7, 11) is -3.56. The minimum absolute atomic E-state index is 0.113. The maximum Gasteiger partial charge on any atom is 0.351 e. The Hall–Kier alpha value is -1.85. The SMILES string of the molecule is CCOP(=O)(OCC)[C@@H](N)c1ccc(OCc2ccccc2)cc1O. The molecule has 2 aromatic rings. The highest BCUT2D eigenvalue weighted by atomic mass is 31.2. The Bertz CT molecular complexity index is 713. The molecule has 7 heteroatoms. The van der Waals surface area contributed by atoms with Gasteiger partial charge in [0.1, 0.15) is 23.9 Å². The van der Waals surface area contributed by atoms with Crippen molar-refractivity contribution in [2.45, 2.75) is 26.2 Å². The molecule has 6 nitrogen and oxygen atoms in total. The van der Waals surface area contributed by atoms with Crippen molar-refractivity contribution >= 4 is 7.60 Å². The van der Waals surface area contributed by atoms with E-state index in [4.69, 9.17) is 19.5 Å². The number of ether oxygens (including phenoxy) is 1. The predicted molar refractivity (Wildman–Crippen MR) is 96.7 cm³/mol. The lowest BCUT2D eigenvalue weighted by molar-refractivity contribution is 0.212. The summed E-state index contributed by atoms with van der Waals surface area (Å²) < 4.78 is 28.9. The van der Waals surface area contributed by atoms with Gasteiger partial charge in [0, 0.05) is 11.6 Å². The van der Waals surface area contributed by atoms with E-state index in [9.17, 15) is 9.67 Å². The Morgan fingerprint density at radius 3 is 2.28 bits per heavy atom. The van der Waals surface area contributed by atoms with Crippen molar-refractivity contribution < 1.29 is 23.5 Å². The van der Waals surface area contributed by atoms with E-state index >= 15 is 0 Å².